The van der Waals surface area contributed by atoms with Crippen LogP contribution in [0.1, 0.15) is 16.7 Å². The predicted octanol–water partition coefficient (Wildman–Crippen LogP) is 2.88. The predicted molar refractivity (Wildman–Crippen MR) is 106 cm³/mol. The van der Waals surface area contributed by atoms with Gasteiger partial charge in [-0.1, -0.05) is 36.4 Å². The highest BCUT2D eigenvalue weighted by molar-refractivity contribution is 5.95. The zero-order chi connectivity index (χ0) is 20.1. The summed E-state index contributed by atoms with van der Waals surface area (Å²) in [6.07, 6.45) is 4.80. The molecule has 1 aromatic heterocycles. The zero-order valence-electron chi connectivity index (χ0n) is 15.3. The standard InChI is InChI=1S/C22H19N3O3/c1-25-14-17(18-8-4-5-9-20(18)25)12-19(22(27)28)24-21(26)11-10-15-6-2-3-7-16(15)13-23/h2-11,14,19H,12H2,1H3,(H,24,26)(H,27,28)/b11-10+/t19-/m0/s1. The highest BCUT2D eigenvalue weighted by Gasteiger charge is 2.21. The Balaban J connectivity index is 1.76. The number of carbonyl (C=O) groups excluding carboxylic acids is 1. The maximum Gasteiger partial charge on any atom is 0.326 e. The Bertz CT molecular complexity index is 1110. The number of amides is 1. The number of nitrogens with zero attached hydrogens (tertiary/aromatic N) is 2. The molecule has 0 spiro atoms. The first-order chi connectivity index (χ1) is 13.5. The summed E-state index contributed by atoms with van der Waals surface area (Å²) in [4.78, 5) is 23.9. The summed E-state index contributed by atoms with van der Waals surface area (Å²) < 4.78 is 1.93. The number of nitrogens with one attached hydrogen (secondary N) is 1. The third-order valence-corrected chi connectivity index (χ3v) is 4.51. The van der Waals surface area contributed by atoms with Crippen molar-refractivity contribution in [1.82, 2.24) is 9.88 Å². The van der Waals surface area contributed by atoms with Crippen LogP contribution < -0.4 is 5.32 Å². The monoisotopic (exact) mass is 373 g/mol. The van der Waals surface area contributed by atoms with Gasteiger partial charge >= 0.3 is 5.97 Å². The highest BCUT2D eigenvalue weighted by Crippen LogP contribution is 2.21. The SMILES string of the molecule is Cn1cc(C[C@H](NC(=O)/C=C/c2ccccc2C#N)C(=O)O)c2ccccc21. The number of aliphatic carboxylic acids is 1. The van der Waals surface area contributed by atoms with Crippen molar-refractivity contribution in [2.75, 3.05) is 0 Å². The van der Waals surface area contributed by atoms with E-state index in [9.17, 15) is 14.7 Å². The summed E-state index contributed by atoms with van der Waals surface area (Å²) in [7, 11) is 1.90. The number of hydrogen-bond acceptors (Lipinski definition) is 3. The highest BCUT2D eigenvalue weighted by atomic mass is 16.4. The summed E-state index contributed by atoms with van der Waals surface area (Å²) in [6, 6.07) is 15.6. The first-order valence-electron chi connectivity index (χ1n) is 8.73. The lowest BCUT2D eigenvalue weighted by Gasteiger charge is -2.13. The number of carboxylic acids is 1. The van der Waals surface area contributed by atoms with Crippen LogP contribution in [0.15, 0.2) is 60.8 Å². The number of aromatic nitrogens is 1. The number of nitriles is 1. The molecule has 3 rings (SSSR count). The Hall–Kier alpha value is -3.85. The molecule has 1 atom stereocenters. The van der Waals surface area contributed by atoms with Crippen molar-refractivity contribution in [2.24, 2.45) is 7.05 Å². The van der Waals surface area contributed by atoms with E-state index in [2.05, 4.69) is 11.4 Å². The van der Waals surface area contributed by atoms with Gasteiger partial charge < -0.3 is 15.0 Å². The summed E-state index contributed by atoms with van der Waals surface area (Å²) in [5.41, 5.74) is 2.89. The molecular formula is C22H19N3O3. The molecule has 0 fully saturated rings. The molecule has 1 amide bonds. The Kier molecular flexibility index (Phi) is 5.56. The van der Waals surface area contributed by atoms with Crippen LogP contribution in [0.3, 0.4) is 0 Å². The molecule has 0 aliphatic carbocycles. The van der Waals surface area contributed by atoms with Crippen molar-refractivity contribution >= 4 is 28.9 Å². The molecule has 3 aromatic rings. The fourth-order valence-electron chi connectivity index (χ4n) is 3.14. The van der Waals surface area contributed by atoms with Crippen molar-refractivity contribution < 1.29 is 14.7 Å². The molecule has 0 unspecified atom stereocenters. The summed E-state index contributed by atoms with van der Waals surface area (Å²) in [6.45, 7) is 0. The van der Waals surface area contributed by atoms with E-state index in [-0.39, 0.29) is 6.42 Å². The van der Waals surface area contributed by atoms with Crippen LogP contribution in [-0.2, 0) is 23.1 Å². The van der Waals surface area contributed by atoms with Crippen molar-refractivity contribution in [3.8, 4) is 6.07 Å². The van der Waals surface area contributed by atoms with Crippen LogP contribution in [-0.4, -0.2) is 27.6 Å². The molecule has 0 aliphatic heterocycles. The van der Waals surface area contributed by atoms with Gasteiger partial charge in [-0.3, -0.25) is 4.79 Å². The fourth-order valence-corrected chi connectivity index (χ4v) is 3.14. The Labute approximate surface area is 162 Å². The first-order valence-corrected chi connectivity index (χ1v) is 8.73. The van der Waals surface area contributed by atoms with E-state index in [0.717, 1.165) is 16.5 Å². The molecule has 140 valence electrons. The molecule has 0 aliphatic rings. The molecule has 6 nitrogen and oxygen atoms in total. The van der Waals surface area contributed by atoms with E-state index >= 15 is 0 Å². The van der Waals surface area contributed by atoms with E-state index < -0.39 is 17.9 Å². The van der Waals surface area contributed by atoms with Gasteiger partial charge in [-0.05, 0) is 29.3 Å². The molecule has 0 saturated heterocycles. The summed E-state index contributed by atoms with van der Waals surface area (Å²) in [5.74, 6) is -1.63. The Morgan fingerprint density at radius 2 is 1.93 bits per heavy atom. The minimum Gasteiger partial charge on any atom is -0.480 e. The van der Waals surface area contributed by atoms with Crippen LogP contribution >= 0.6 is 0 Å². The van der Waals surface area contributed by atoms with Gasteiger partial charge in [0.25, 0.3) is 0 Å². The van der Waals surface area contributed by atoms with Crippen LogP contribution in [0.5, 0.6) is 0 Å². The van der Waals surface area contributed by atoms with Crippen molar-refractivity contribution in [3.05, 3.63) is 77.5 Å². The maximum atomic E-state index is 12.2. The quantitative estimate of drug-likeness (QED) is 0.650. The fraction of sp³-hybridized carbons (Fsp3) is 0.136. The van der Waals surface area contributed by atoms with Gasteiger partial charge in [0.15, 0.2) is 0 Å². The van der Waals surface area contributed by atoms with E-state index in [4.69, 9.17) is 5.26 Å². The minimum absolute atomic E-state index is 0.172. The van der Waals surface area contributed by atoms with Crippen LogP contribution in [0, 0.1) is 11.3 Å². The summed E-state index contributed by atoms with van der Waals surface area (Å²) >= 11 is 0. The molecule has 6 heteroatoms. The van der Waals surface area contributed by atoms with Crippen molar-refractivity contribution in [2.45, 2.75) is 12.5 Å². The molecule has 0 bridgehead atoms. The second kappa shape index (κ2) is 8.23. The smallest absolute Gasteiger partial charge is 0.326 e. The van der Waals surface area contributed by atoms with Gasteiger partial charge in [-0.25, -0.2) is 4.79 Å². The van der Waals surface area contributed by atoms with Gasteiger partial charge in [0.05, 0.1) is 11.6 Å². The average molecular weight is 373 g/mol. The van der Waals surface area contributed by atoms with E-state index in [1.807, 2.05) is 42.1 Å². The topological polar surface area (TPSA) is 95.1 Å². The Morgan fingerprint density at radius 3 is 2.68 bits per heavy atom. The third-order valence-electron chi connectivity index (χ3n) is 4.51. The normalized spacial score (nSPS) is 12.0. The van der Waals surface area contributed by atoms with Crippen LogP contribution in [0.2, 0.25) is 0 Å². The maximum absolute atomic E-state index is 12.2. The van der Waals surface area contributed by atoms with Gasteiger partial charge in [0, 0.05) is 36.6 Å². The first kappa shape index (κ1) is 18.9. The third kappa shape index (κ3) is 4.10. The summed E-state index contributed by atoms with van der Waals surface area (Å²) in [5, 5.41) is 22.1. The second-order valence-electron chi connectivity index (χ2n) is 6.42. The molecule has 2 aromatic carbocycles. The van der Waals surface area contributed by atoms with Gasteiger partial charge in [-0.2, -0.15) is 5.26 Å². The number of hydrogen-bond donors (Lipinski definition) is 2. The number of carboxylic acid groups (broad SMARTS) is 1. The van der Waals surface area contributed by atoms with Gasteiger partial charge in [0.1, 0.15) is 6.04 Å². The lowest BCUT2D eigenvalue weighted by molar-refractivity contribution is -0.141. The van der Waals surface area contributed by atoms with Crippen LogP contribution in [0.25, 0.3) is 17.0 Å². The largest absolute Gasteiger partial charge is 0.480 e. The van der Waals surface area contributed by atoms with Gasteiger partial charge in [-0.15, -0.1) is 0 Å². The number of para-hydroxylation sites is 1. The number of fused-ring (bicyclic) bond motifs is 1. The number of aryl methyl sites for hydroxylation is 1. The van der Waals surface area contributed by atoms with E-state index in [1.165, 1.54) is 12.2 Å². The lowest BCUT2D eigenvalue weighted by atomic mass is 10.0. The molecule has 0 saturated carbocycles. The molecule has 28 heavy (non-hydrogen) atoms. The molecule has 2 N–H and O–H groups in total. The van der Waals surface area contributed by atoms with E-state index in [1.54, 1.807) is 24.3 Å². The molecular weight excluding hydrogens is 354 g/mol. The van der Waals surface area contributed by atoms with E-state index in [0.29, 0.717) is 11.1 Å². The number of carbonyl (C=O) groups is 2. The van der Waals surface area contributed by atoms with Gasteiger partial charge in [0.2, 0.25) is 5.91 Å². The number of rotatable bonds is 6. The average Bonchev–Trinajstić information content (AvgIpc) is 3.02. The minimum atomic E-state index is -1.10. The van der Waals surface area contributed by atoms with Crippen molar-refractivity contribution in [3.63, 3.8) is 0 Å². The van der Waals surface area contributed by atoms with Crippen LogP contribution in [0.4, 0.5) is 0 Å². The Morgan fingerprint density at radius 1 is 1.21 bits per heavy atom. The molecule has 0 radical (unpaired) electrons. The lowest BCUT2D eigenvalue weighted by Crippen LogP contribution is -2.41. The molecule has 1 heterocycles. The van der Waals surface area contributed by atoms with Crippen molar-refractivity contribution in [1.29, 1.82) is 5.26 Å². The number of benzene rings is 2. The zero-order valence-corrected chi connectivity index (χ0v) is 15.3. The second-order valence-corrected chi connectivity index (χ2v) is 6.42.